The summed E-state index contributed by atoms with van der Waals surface area (Å²) in [5.74, 6) is -2.98. The molecule has 18 heteroatoms. The van der Waals surface area contributed by atoms with Gasteiger partial charge >= 0.3 is 75.2 Å². The van der Waals surface area contributed by atoms with Gasteiger partial charge in [-0.15, -0.1) is 0 Å². The first-order valence-corrected chi connectivity index (χ1v) is 14.0. The molecule has 1 fully saturated rings. The number of aromatic amines is 1. The smallest absolute Gasteiger partial charge is 0.860 e. The number of nitrogens with two attached hydrogens (primary N) is 2. The van der Waals surface area contributed by atoms with E-state index in [1.54, 1.807) is 12.1 Å². The van der Waals surface area contributed by atoms with Crippen LogP contribution in [-0.4, -0.2) is 44.4 Å². The van der Waals surface area contributed by atoms with Crippen LogP contribution in [0.5, 0.6) is 5.88 Å². The number of benzene rings is 2. The van der Waals surface area contributed by atoms with E-state index < -0.39 is 58.2 Å². The van der Waals surface area contributed by atoms with Gasteiger partial charge in [0.15, 0.2) is 0 Å². The average Bonchev–Trinajstić information content (AvgIpc) is 3.03. The Morgan fingerprint density at radius 1 is 0.860 bits per heavy atom. The number of primary amides is 2. The number of pyridine rings is 1. The van der Waals surface area contributed by atoms with Gasteiger partial charge in [0.05, 0.1) is 11.4 Å². The summed E-state index contributed by atoms with van der Waals surface area (Å²) in [6, 6.07) is 11.6. The molecule has 0 saturated carbocycles. The number of nitrogens with one attached hydrogen (secondary N) is 4. The molecule has 1 saturated heterocycles. The molecule has 2 aromatic heterocycles. The van der Waals surface area contributed by atoms with Crippen LogP contribution < -0.4 is 100 Å². The first kappa shape index (κ1) is 36.9. The number of anilines is 3. The number of hydrogen-bond acceptors (Lipinski definition) is 9. The normalized spacial score (nSPS) is 13.9. The Morgan fingerprint density at radius 3 is 2.08 bits per heavy atom. The van der Waals surface area contributed by atoms with E-state index in [0.29, 0.717) is 15.0 Å². The molecule has 8 N–H and O–H groups in total. The van der Waals surface area contributed by atoms with Crippen LogP contribution in [0.3, 0.4) is 0 Å². The van der Waals surface area contributed by atoms with E-state index >= 15 is 0 Å². The number of carbonyl (C=O) groups excluding carboxylic acids is 5. The van der Waals surface area contributed by atoms with E-state index in [2.05, 4.69) is 25.9 Å². The standard InChI is InChI=1S/C32H25N9O8.K/c33-29(46)36-19-3-1-5-21(15-19)40-27(44)23(25(42)38-31(40)48)9-7-17(18-11-13-35-14-12-18)8-10-24-26(43)39-32(49)41(28(24)45)22-6-2-4-20(16-22)37-30(34)47;/h1-16,42H,(H,38,48)(H3,33,36,46)(H3,34,37,47)(H,39,43,49);/q;+1/p-1. The number of imide groups is 2. The molecule has 0 atom stereocenters. The molecule has 1 aliphatic rings. The average molecular weight is 702 g/mol. The van der Waals surface area contributed by atoms with Crippen molar-refractivity contribution in [3.05, 3.63) is 129 Å². The van der Waals surface area contributed by atoms with E-state index in [9.17, 15) is 38.7 Å². The second kappa shape index (κ2) is 16.0. The number of urea groups is 3. The molecule has 4 aromatic rings. The third-order valence-electron chi connectivity index (χ3n) is 6.82. The van der Waals surface area contributed by atoms with Gasteiger partial charge in [0.25, 0.3) is 17.4 Å². The fourth-order valence-electron chi connectivity index (χ4n) is 4.69. The first-order valence-electron chi connectivity index (χ1n) is 14.0. The number of aromatic nitrogens is 3. The van der Waals surface area contributed by atoms with Gasteiger partial charge in [0, 0.05) is 29.3 Å². The van der Waals surface area contributed by atoms with Gasteiger partial charge in [-0.1, -0.05) is 24.3 Å². The molecule has 246 valence electrons. The van der Waals surface area contributed by atoms with Crippen molar-refractivity contribution in [1.82, 2.24) is 19.9 Å². The largest absolute Gasteiger partial charge is 1.00 e. The molecule has 0 unspecified atom stereocenters. The maximum absolute atomic E-state index is 13.4. The van der Waals surface area contributed by atoms with Crippen molar-refractivity contribution < 1.29 is 80.5 Å². The number of hydrogen-bond donors (Lipinski definition) is 6. The van der Waals surface area contributed by atoms with Crippen LogP contribution in [0.4, 0.5) is 31.4 Å². The summed E-state index contributed by atoms with van der Waals surface area (Å²) in [5.41, 5.74) is 8.57. The maximum Gasteiger partial charge on any atom is 1.00 e. The number of nitrogens with zero attached hydrogens (tertiary/aromatic N) is 3. The topological polar surface area (TPSA) is 268 Å². The van der Waals surface area contributed by atoms with Crippen LogP contribution in [-0.2, 0) is 9.59 Å². The van der Waals surface area contributed by atoms with Gasteiger partial charge in [-0.3, -0.25) is 24.7 Å². The minimum atomic E-state index is -1.03. The summed E-state index contributed by atoms with van der Waals surface area (Å²) in [6.07, 6.45) is 7.87. The monoisotopic (exact) mass is 701 g/mol. The Bertz CT molecular complexity index is 2240. The molecule has 1 aliphatic heterocycles. The molecule has 0 bridgehead atoms. The van der Waals surface area contributed by atoms with Crippen molar-refractivity contribution in [2.24, 2.45) is 11.5 Å². The van der Waals surface area contributed by atoms with Crippen molar-refractivity contribution in [2.45, 2.75) is 0 Å². The van der Waals surface area contributed by atoms with Crippen molar-refractivity contribution in [1.29, 1.82) is 0 Å². The minimum Gasteiger partial charge on any atom is -0.860 e. The second-order valence-corrected chi connectivity index (χ2v) is 10.1. The Kier molecular flexibility index (Phi) is 11.8. The van der Waals surface area contributed by atoms with E-state index in [1.807, 2.05) is 0 Å². The summed E-state index contributed by atoms with van der Waals surface area (Å²) < 4.78 is 0.690. The minimum absolute atomic E-state index is 0. The molecular weight excluding hydrogens is 678 g/mol. The maximum atomic E-state index is 13.4. The molecule has 17 nitrogen and oxygen atoms in total. The fraction of sp³-hybridized carbons (Fsp3) is 0. The van der Waals surface area contributed by atoms with Crippen LogP contribution in [0, 0.1) is 0 Å². The zero-order valence-corrected chi connectivity index (χ0v) is 29.1. The second-order valence-electron chi connectivity index (χ2n) is 10.1. The molecule has 2 aromatic carbocycles. The molecule has 5 rings (SSSR count). The fourth-order valence-corrected chi connectivity index (χ4v) is 4.69. The molecule has 0 radical (unpaired) electrons. The Morgan fingerprint density at radius 2 is 1.46 bits per heavy atom. The van der Waals surface area contributed by atoms with Crippen molar-refractivity contribution in [3.63, 3.8) is 0 Å². The number of allylic oxidation sites excluding steroid dienone is 4. The molecule has 50 heavy (non-hydrogen) atoms. The SMILES string of the molecule is NC(=O)Nc1cccc(N2C(=O)NC(=O)C(=CC=C(C=Cc3c([O-])[nH]c(=O)n(-c4cccc(NC(N)=O)c4)c3=O)c3ccncc3)C2=O)c1.[K+]. The molecule has 8 amide bonds. The summed E-state index contributed by atoms with van der Waals surface area (Å²) in [7, 11) is 0. The van der Waals surface area contributed by atoms with Crippen molar-refractivity contribution in [2.75, 3.05) is 15.5 Å². The quantitative estimate of drug-likeness (QED) is 0.0528. The number of carbonyl (C=O) groups is 5. The van der Waals surface area contributed by atoms with Crippen molar-refractivity contribution >= 4 is 58.6 Å². The van der Waals surface area contributed by atoms with E-state index in [0.717, 1.165) is 12.2 Å². The van der Waals surface area contributed by atoms with Gasteiger partial charge in [0.1, 0.15) is 5.57 Å². The predicted molar refractivity (Wildman–Crippen MR) is 175 cm³/mol. The summed E-state index contributed by atoms with van der Waals surface area (Å²) in [4.78, 5) is 94.3. The third-order valence-corrected chi connectivity index (χ3v) is 6.82. The Labute approximate surface area is 323 Å². The summed E-state index contributed by atoms with van der Waals surface area (Å²) in [5, 5.41) is 19.5. The first-order chi connectivity index (χ1) is 23.4. The number of H-pyrrole nitrogens is 1. The van der Waals surface area contributed by atoms with Crippen LogP contribution in [0.15, 0.2) is 106 Å². The van der Waals surface area contributed by atoms with Crippen LogP contribution in [0.1, 0.15) is 11.1 Å². The van der Waals surface area contributed by atoms with Crippen molar-refractivity contribution in [3.8, 4) is 11.6 Å². The van der Waals surface area contributed by atoms with Gasteiger partial charge in [-0.2, -0.15) is 0 Å². The van der Waals surface area contributed by atoms with Gasteiger partial charge in [0.2, 0.25) is 0 Å². The van der Waals surface area contributed by atoms with E-state index in [-0.39, 0.29) is 79.7 Å². The molecule has 3 heterocycles. The summed E-state index contributed by atoms with van der Waals surface area (Å²) in [6.45, 7) is 0. The van der Waals surface area contributed by atoms with E-state index in [1.165, 1.54) is 73.1 Å². The number of barbiturate groups is 1. The zero-order valence-electron chi connectivity index (χ0n) is 26.0. The van der Waals surface area contributed by atoms with Gasteiger partial charge in [-0.05, 0) is 77.7 Å². The zero-order chi connectivity index (χ0) is 35.2. The number of rotatable bonds is 8. The Balaban J connectivity index is 0.00000562. The molecule has 0 aliphatic carbocycles. The Hall–Kier alpha value is -5.92. The van der Waals surface area contributed by atoms with Crippen LogP contribution >= 0.6 is 0 Å². The molecular formula is C32H24KN9O8. The number of amides is 8. The summed E-state index contributed by atoms with van der Waals surface area (Å²) >= 11 is 0. The predicted octanol–water partition coefficient (Wildman–Crippen LogP) is -1.71. The van der Waals surface area contributed by atoms with Crippen LogP contribution in [0.25, 0.3) is 17.3 Å². The van der Waals surface area contributed by atoms with Gasteiger partial charge in [-0.25, -0.2) is 28.6 Å². The van der Waals surface area contributed by atoms with Gasteiger partial charge < -0.3 is 32.2 Å². The van der Waals surface area contributed by atoms with E-state index in [4.69, 9.17) is 11.5 Å². The van der Waals surface area contributed by atoms with Crippen LogP contribution in [0.2, 0.25) is 0 Å². The molecule has 0 spiro atoms. The third kappa shape index (κ3) is 8.37.